The third-order valence-corrected chi connectivity index (χ3v) is 4.34. The molecule has 0 spiro atoms. The zero-order valence-electron chi connectivity index (χ0n) is 12.4. The predicted octanol–water partition coefficient (Wildman–Crippen LogP) is 4.33. The Morgan fingerprint density at radius 3 is 2.74 bits per heavy atom. The molecule has 1 nitrogen and oxygen atoms in total. The van der Waals surface area contributed by atoms with Crippen LogP contribution in [0, 0.1) is 25.6 Å². The van der Waals surface area contributed by atoms with Crippen LogP contribution in [0.1, 0.15) is 55.2 Å². The summed E-state index contributed by atoms with van der Waals surface area (Å²) in [5.41, 5.74) is 3.13. The zero-order chi connectivity index (χ0) is 13.8. The average molecular weight is 263 g/mol. The van der Waals surface area contributed by atoms with E-state index < -0.39 is 0 Å². The van der Waals surface area contributed by atoms with E-state index in [9.17, 15) is 4.39 Å². The number of benzene rings is 1. The molecule has 0 radical (unpaired) electrons. The number of rotatable bonds is 5. The summed E-state index contributed by atoms with van der Waals surface area (Å²) in [5.74, 6) is 1.01. The second-order valence-corrected chi connectivity index (χ2v) is 5.98. The largest absolute Gasteiger partial charge is 0.316 e. The fraction of sp³-hybridized carbons (Fsp3) is 0.647. The highest BCUT2D eigenvalue weighted by Crippen LogP contribution is 2.41. The number of halogens is 1. The number of hydrogen-bond acceptors (Lipinski definition) is 1. The van der Waals surface area contributed by atoms with Crippen LogP contribution in [-0.4, -0.2) is 13.1 Å². The Morgan fingerprint density at radius 1 is 1.26 bits per heavy atom. The van der Waals surface area contributed by atoms with Crippen LogP contribution in [0.3, 0.4) is 0 Å². The molecule has 2 atom stereocenters. The molecule has 0 heterocycles. The smallest absolute Gasteiger partial charge is 0.127 e. The van der Waals surface area contributed by atoms with E-state index in [1.165, 1.54) is 12.8 Å². The van der Waals surface area contributed by atoms with Gasteiger partial charge in [-0.3, -0.25) is 0 Å². The van der Waals surface area contributed by atoms with Crippen molar-refractivity contribution in [2.24, 2.45) is 5.92 Å². The van der Waals surface area contributed by atoms with Crippen molar-refractivity contribution >= 4 is 0 Å². The lowest BCUT2D eigenvalue weighted by Gasteiger charge is -2.23. The van der Waals surface area contributed by atoms with Crippen LogP contribution in [0.25, 0.3) is 0 Å². The Labute approximate surface area is 116 Å². The Bertz CT molecular complexity index is 404. The monoisotopic (exact) mass is 263 g/mol. The van der Waals surface area contributed by atoms with Crippen LogP contribution >= 0.6 is 0 Å². The molecule has 1 aromatic rings. The molecule has 1 aliphatic carbocycles. The summed E-state index contributed by atoms with van der Waals surface area (Å²) in [6, 6.07) is 3.81. The molecule has 19 heavy (non-hydrogen) atoms. The van der Waals surface area contributed by atoms with E-state index >= 15 is 0 Å². The van der Waals surface area contributed by atoms with Crippen molar-refractivity contribution in [3.8, 4) is 0 Å². The third kappa shape index (κ3) is 3.36. The molecule has 1 aliphatic rings. The maximum atomic E-state index is 14.3. The second kappa shape index (κ2) is 6.51. The summed E-state index contributed by atoms with van der Waals surface area (Å²) in [4.78, 5) is 0. The van der Waals surface area contributed by atoms with E-state index in [0.29, 0.717) is 11.8 Å². The molecule has 2 rings (SSSR count). The van der Waals surface area contributed by atoms with E-state index in [1.807, 2.05) is 6.92 Å². The Morgan fingerprint density at radius 2 is 2.05 bits per heavy atom. The summed E-state index contributed by atoms with van der Waals surface area (Å²) < 4.78 is 14.3. The fourth-order valence-electron chi connectivity index (χ4n) is 3.52. The topological polar surface area (TPSA) is 12.0 Å². The Kier molecular flexibility index (Phi) is 4.98. The van der Waals surface area contributed by atoms with Crippen molar-refractivity contribution in [2.45, 2.75) is 52.4 Å². The molecule has 2 heteroatoms. The normalized spacial score (nSPS) is 22.9. The lowest BCUT2D eigenvalue weighted by Crippen LogP contribution is -2.25. The van der Waals surface area contributed by atoms with Gasteiger partial charge in [-0.25, -0.2) is 4.39 Å². The van der Waals surface area contributed by atoms with Crippen molar-refractivity contribution in [3.63, 3.8) is 0 Å². The lowest BCUT2D eigenvalue weighted by atomic mass is 9.85. The summed E-state index contributed by atoms with van der Waals surface area (Å²) in [6.45, 7) is 8.31. The van der Waals surface area contributed by atoms with Crippen molar-refractivity contribution < 1.29 is 4.39 Å². The molecule has 1 saturated carbocycles. The van der Waals surface area contributed by atoms with E-state index in [-0.39, 0.29) is 5.82 Å². The minimum atomic E-state index is 0.00453. The highest BCUT2D eigenvalue weighted by molar-refractivity contribution is 5.35. The van der Waals surface area contributed by atoms with Crippen LogP contribution < -0.4 is 5.32 Å². The molecule has 1 aromatic carbocycles. The van der Waals surface area contributed by atoms with Gasteiger partial charge in [-0.15, -0.1) is 0 Å². The van der Waals surface area contributed by atoms with Crippen LogP contribution in [0.2, 0.25) is 0 Å². The SMILES string of the molecule is CCCNCC1CCCC1c1c(C)cc(C)cc1F. The van der Waals surface area contributed by atoms with Crippen LogP contribution in [-0.2, 0) is 0 Å². The predicted molar refractivity (Wildman–Crippen MR) is 79.1 cm³/mol. The molecule has 106 valence electrons. The number of nitrogens with one attached hydrogen (secondary N) is 1. The van der Waals surface area contributed by atoms with E-state index in [1.54, 1.807) is 6.07 Å². The van der Waals surface area contributed by atoms with Crippen molar-refractivity contribution in [1.82, 2.24) is 5.32 Å². The average Bonchev–Trinajstić information content (AvgIpc) is 2.76. The molecule has 2 unspecified atom stereocenters. The van der Waals surface area contributed by atoms with Gasteiger partial charge in [-0.1, -0.05) is 19.4 Å². The van der Waals surface area contributed by atoms with Gasteiger partial charge in [-0.05, 0) is 80.8 Å². The molecule has 0 saturated heterocycles. The molecule has 0 aromatic heterocycles. The van der Waals surface area contributed by atoms with Gasteiger partial charge in [0.05, 0.1) is 0 Å². The Hall–Kier alpha value is -0.890. The highest BCUT2D eigenvalue weighted by atomic mass is 19.1. The van der Waals surface area contributed by atoms with Gasteiger partial charge in [0, 0.05) is 0 Å². The first-order chi connectivity index (χ1) is 9.13. The molecular weight excluding hydrogens is 237 g/mol. The number of aryl methyl sites for hydroxylation is 2. The van der Waals surface area contributed by atoms with Crippen LogP contribution in [0.4, 0.5) is 4.39 Å². The molecular formula is C17H26FN. The quantitative estimate of drug-likeness (QED) is 0.780. The van der Waals surface area contributed by atoms with Gasteiger partial charge < -0.3 is 5.32 Å². The van der Waals surface area contributed by atoms with Gasteiger partial charge in [0.25, 0.3) is 0 Å². The summed E-state index contributed by atoms with van der Waals surface area (Å²) in [7, 11) is 0. The molecule has 1 fully saturated rings. The van der Waals surface area contributed by atoms with Crippen molar-refractivity contribution in [3.05, 3.63) is 34.6 Å². The fourth-order valence-corrected chi connectivity index (χ4v) is 3.52. The Balaban J connectivity index is 2.15. The van der Waals surface area contributed by atoms with Crippen LogP contribution in [0.5, 0.6) is 0 Å². The second-order valence-electron chi connectivity index (χ2n) is 5.98. The lowest BCUT2D eigenvalue weighted by molar-refractivity contribution is 0.431. The number of hydrogen-bond donors (Lipinski definition) is 1. The molecule has 1 N–H and O–H groups in total. The van der Waals surface area contributed by atoms with Gasteiger partial charge in [0.15, 0.2) is 0 Å². The van der Waals surface area contributed by atoms with Gasteiger partial charge in [0.2, 0.25) is 0 Å². The minimum Gasteiger partial charge on any atom is -0.316 e. The first-order valence-corrected chi connectivity index (χ1v) is 7.60. The summed E-state index contributed by atoms with van der Waals surface area (Å²) in [6.07, 6.45) is 4.76. The minimum absolute atomic E-state index is 0.00453. The standard InChI is InChI=1S/C17H26FN/c1-4-8-19-11-14-6-5-7-15(14)17-13(3)9-12(2)10-16(17)18/h9-10,14-15,19H,4-8,11H2,1-3H3. The first-order valence-electron chi connectivity index (χ1n) is 7.60. The van der Waals surface area contributed by atoms with E-state index in [0.717, 1.165) is 42.6 Å². The van der Waals surface area contributed by atoms with Crippen molar-refractivity contribution in [2.75, 3.05) is 13.1 Å². The van der Waals surface area contributed by atoms with Gasteiger partial charge in [-0.2, -0.15) is 0 Å². The molecule has 0 amide bonds. The maximum absolute atomic E-state index is 14.3. The van der Waals surface area contributed by atoms with E-state index in [2.05, 4.69) is 25.2 Å². The van der Waals surface area contributed by atoms with Crippen LogP contribution in [0.15, 0.2) is 12.1 Å². The van der Waals surface area contributed by atoms with Gasteiger partial charge in [0.1, 0.15) is 5.82 Å². The molecule has 0 bridgehead atoms. The maximum Gasteiger partial charge on any atom is 0.127 e. The zero-order valence-corrected chi connectivity index (χ0v) is 12.4. The summed E-state index contributed by atoms with van der Waals surface area (Å²) >= 11 is 0. The highest BCUT2D eigenvalue weighted by Gasteiger charge is 2.31. The van der Waals surface area contributed by atoms with Crippen molar-refractivity contribution in [1.29, 1.82) is 0 Å². The van der Waals surface area contributed by atoms with Gasteiger partial charge >= 0.3 is 0 Å². The summed E-state index contributed by atoms with van der Waals surface area (Å²) in [5, 5.41) is 3.50. The first kappa shape index (κ1) is 14.5. The van der Waals surface area contributed by atoms with E-state index in [4.69, 9.17) is 0 Å². The molecule has 0 aliphatic heterocycles. The third-order valence-electron chi connectivity index (χ3n) is 4.34.